The summed E-state index contributed by atoms with van der Waals surface area (Å²) < 4.78 is 2.03. The van der Waals surface area contributed by atoms with E-state index in [1.54, 1.807) is 0 Å². The van der Waals surface area contributed by atoms with Gasteiger partial charge in [-0.3, -0.25) is 5.41 Å². The van der Waals surface area contributed by atoms with Crippen LogP contribution in [0, 0.1) is 5.41 Å². The third-order valence-electron chi connectivity index (χ3n) is 4.37. The molecule has 2 N–H and O–H groups in total. The van der Waals surface area contributed by atoms with Gasteiger partial charge in [0, 0.05) is 29.9 Å². The van der Waals surface area contributed by atoms with Gasteiger partial charge in [-0.15, -0.1) is 11.3 Å². The van der Waals surface area contributed by atoms with Gasteiger partial charge in [0.25, 0.3) is 0 Å². The summed E-state index contributed by atoms with van der Waals surface area (Å²) in [5.74, 6) is 0.542. The molecule has 2 aromatic heterocycles. The molecule has 5 nitrogen and oxygen atoms in total. The molecule has 25 heavy (non-hydrogen) atoms. The smallest absolute Gasteiger partial charge is 0.135 e. The molecular weight excluding hydrogens is 332 g/mol. The fourth-order valence-corrected chi connectivity index (χ4v) is 3.88. The Morgan fingerprint density at radius 1 is 1.20 bits per heavy atom. The van der Waals surface area contributed by atoms with Gasteiger partial charge in [-0.2, -0.15) is 0 Å². The second-order valence-electron chi connectivity index (χ2n) is 6.04. The first-order chi connectivity index (χ1) is 12.1. The molecule has 4 rings (SSSR count). The van der Waals surface area contributed by atoms with Gasteiger partial charge in [-0.1, -0.05) is 30.3 Å². The number of hydrogen-bond acceptors (Lipinski definition) is 4. The van der Waals surface area contributed by atoms with Crippen molar-refractivity contribution in [3.63, 3.8) is 0 Å². The Morgan fingerprint density at radius 2 is 2.00 bits per heavy atom. The lowest BCUT2D eigenvalue weighted by Gasteiger charge is -2.18. The van der Waals surface area contributed by atoms with Gasteiger partial charge < -0.3 is 14.6 Å². The lowest BCUT2D eigenvalue weighted by atomic mass is 10.2. The number of amidine groups is 1. The van der Waals surface area contributed by atoms with Crippen molar-refractivity contribution in [1.82, 2.24) is 14.5 Å². The first-order valence-electron chi connectivity index (χ1n) is 8.01. The third kappa shape index (κ3) is 2.85. The van der Waals surface area contributed by atoms with Crippen molar-refractivity contribution >= 4 is 22.7 Å². The van der Waals surface area contributed by atoms with E-state index in [1.807, 2.05) is 70.6 Å². The van der Waals surface area contributed by atoms with E-state index in [-0.39, 0.29) is 5.76 Å². The Bertz CT molecular complexity index is 955. The highest BCUT2D eigenvalue weighted by Crippen LogP contribution is 2.32. The number of thiazole rings is 1. The lowest BCUT2D eigenvalue weighted by molar-refractivity contribution is 0.343. The molecule has 1 aliphatic rings. The van der Waals surface area contributed by atoms with E-state index in [0.29, 0.717) is 29.5 Å². The van der Waals surface area contributed by atoms with E-state index >= 15 is 0 Å². The van der Waals surface area contributed by atoms with Crippen LogP contribution in [0.2, 0.25) is 0 Å². The lowest BCUT2D eigenvalue weighted by Crippen LogP contribution is -2.26. The molecule has 0 aliphatic carbocycles. The van der Waals surface area contributed by atoms with Gasteiger partial charge in [0.2, 0.25) is 0 Å². The molecule has 0 saturated heterocycles. The number of nitrogens with zero attached hydrogens (tertiary/aromatic N) is 3. The minimum atomic E-state index is 0.216. The summed E-state index contributed by atoms with van der Waals surface area (Å²) in [7, 11) is 1.98. The van der Waals surface area contributed by atoms with Gasteiger partial charge in [0.05, 0.1) is 24.4 Å². The number of aliphatic hydroxyl groups is 1. The SMILES string of the molecule is Cn1cccc1CN1CC(O)=C(c2nc(-c3ccccc3)cs2)C1=N. The molecule has 3 aromatic rings. The number of hydrogen-bond donors (Lipinski definition) is 2. The van der Waals surface area contributed by atoms with Gasteiger partial charge in [0.15, 0.2) is 0 Å². The average molecular weight is 350 g/mol. The standard InChI is InChI=1S/C19H18N4OS/c1-22-9-5-8-14(22)10-23-11-16(24)17(18(23)20)19-21-15(12-25-19)13-6-3-2-4-7-13/h2-9,12,20,24H,10-11H2,1H3. The number of nitrogens with one attached hydrogen (secondary N) is 1. The van der Waals surface area contributed by atoms with Crippen molar-refractivity contribution in [2.24, 2.45) is 7.05 Å². The topological polar surface area (TPSA) is 65.1 Å². The first kappa shape index (κ1) is 15.7. The molecule has 1 aliphatic heterocycles. The van der Waals surface area contributed by atoms with Crippen LogP contribution in [-0.4, -0.2) is 31.9 Å². The van der Waals surface area contributed by atoms with Gasteiger partial charge in [-0.25, -0.2) is 4.98 Å². The van der Waals surface area contributed by atoms with Crippen LogP contribution in [0.15, 0.2) is 59.8 Å². The number of aromatic nitrogens is 2. The molecule has 0 saturated carbocycles. The van der Waals surface area contributed by atoms with Gasteiger partial charge in [-0.05, 0) is 12.1 Å². The highest BCUT2D eigenvalue weighted by Gasteiger charge is 2.30. The zero-order chi connectivity index (χ0) is 17.4. The second-order valence-corrected chi connectivity index (χ2v) is 6.90. The predicted octanol–water partition coefficient (Wildman–Crippen LogP) is 3.91. The van der Waals surface area contributed by atoms with E-state index in [4.69, 9.17) is 5.41 Å². The molecule has 0 amide bonds. The van der Waals surface area contributed by atoms with E-state index in [1.165, 1.54) is 11.3 Å². The molecule has 0 fully saturated rings. The van der Waals surface area contributed by atoms with Crippen LogP contribution < -0.4 is 0 Å². The average Bonchev–Trinajstić information content (AvgIpc) is 3.30. The van der Waals surface area contributed by atoms with Crippen molar-refractivity contribution in [3.05, 3.63) is 70.5 Å². The molecule has 0 radical (unpaired) electrons. The fourth-order valence-electron chi connectivity index (χ4n) is 2.98. The Morgan fingerprint density at radius 3 is 2.72 bits per heavy atom. The van der Waals surface area contributed by atoms with Crippen LogP contribution in [0.25, 0.3) is 16.8 Å². The van der Waals surface area contributed by atoms with E-state index in [0.717, 1.165) is 17.0 Å². The van der Waals surface area contributed by atoms with Gasteiger partial charge >= 0.3 is 0 Å². The van der Waals surface area contributed by atoms with E-state index in [9.17, 15) is 5.11 Å². The van der Waals surface area contributed by atoms with Crippen LogP contribution in [0.1, 0.15) is 10.7 Å². The third-order valence-corrected chi connectivity index (χ3v) is 5.23. The number of aliphatic hydroxyl groups excluding tert-OH is 1. The summed E-state index contributed by atoms with van der Waals surface area (Å²) in [6.45, 7) is 0.937. The summed E-state index contributed by atoms with van der Waals surface area (Å²) >= 11 is 1.46. The Kier molecular flexibility index (Phi) is 3.89. The summed E-state index contributed by atoms with van der Waals surface area (Å²) in [5, 5.41) is 21.6. The largest absolute Gasteiger partial charge is 0.510 e. The number of aryl methyl sites for hydroxylation is 1. The Hall–Kier alpha value is -2.86. The van der Waals surface area contributed by atoms with Crippen LogP contribution in [0.5, 0.6) is 0 Å². The van der Waals surface area contributed by atoms with Crippen molar-refractivity contribution in [3.8, 4) is 11.3 Å². The van der Waals surface area contributed by atoms with Crippen molar-refractivity contribution in [2.75, 3.05) is 6.54 Å². The minimum absolute atomic E-state index is 0.216. The Labute approximate surface area is 150 Å². The van der Waals surface area contributed by atoms with Crippen LogP contribution >= 0.6 is 11.3 Å². The van der Waals surface area contributed by atoms with Crippen molar-refractivity contribution in [1.29, 1.82) is 5.41 Å². The van der Waals surface area contributed by atoms with E-state index < -0.39 is 0 Å². The fraction of sp³-hybridized carbons (Fsp3) is 0.158. The summed E-state index contributed by atoms with van der Waals surface area (Å²) in [6.07, 6.45) is 1.98. The van der Waals surface area contributed by atoms with Gasteiger partial charge in [0.1, 0.15) is 16.6 Å². The van der Waals surface area contributed by atoms with Crippen LogP contribution in [0.3, 0.4) is 0 Å². The highest BCUT2D eigenvalue weighted by atomic mass is 32.1. The molecule has 6 heteroatoms. The molecular formula is C19H18N4OS. The summed E-state index contributed by atoms with van der Waals surface area (Å²) in [4.78, 5) is 6.50. The quantitative estimate of drug-likeness (QED) is 0.750. The Balaban J connectivity index is 1.58. The van der Waals surface area contributed by atoms with Crippen molar-refractivity contribution < 1.29 is 5.11 Å². The van der Waals surface area contributed by atoms with Crippen LogP contribution in [-0.2, 0) is 13.6 Å². The predicted molar refractivity (Wildman–Crippen MR) is 101 cm³/mol. The monoisotopic (exact) mass is 350 g/mol. The maximum Gasteiger partial charge on any atom is 0.135 e. The molecule has 0 atom stereocenters. The highest BCUT2D eigenvalue weighted by molar-refractivity contribution is 7.11. The maximum absolute atomic E-state index is 10.4. The molecule has 0 unspecified atom stereocenters. The number of rotatable bonds is 4. The zero-order valence-electron chi connectivity index (χ0n) is 13.8. The van der Waals surface area contributed by atoms with Crippen LogP contribution in [0.4, 0.5) is 0 Å². The summed E-state index contributed by atoms with van der Waals surface area (Å²) in [6, 6.07) is 14.0. The van der Waals surface area contributed by atoms with Crippen molar-refractivity contribution in [2.45, 2.75) is 6.54 Å². The number of benzene rings is 1. The van der Waals surface area contributed by atoms with E-state index in [2.05, 4.69) is 4.98 Å². The minimum Gasteiger partial charge on any atom is -0.510 e. The second kappa shape index (κ2) is 6.22. The molecule has 0 spiro atoms. The maximum atomic E-state index is 10.4. The molecule has 1 aromatic carbocycles. The normalized spacial score (nSPS) is 14.6. The summed E-state index contributed by atoms with van der Waals surface area (Å²) in [5.41, 5.74) is 3.55. The first-order valence-corrected chi connectivity index (χ1v) is 8.89. The molecule has 3 heterocycles. The molecule has 126 valence electrons. The molecule has 0 bridgehead atoms. The zero-order valence-corrected chi connectivity index (χ0v) is 14.6.